The van der Waals surface area contributed by atoms with Crippen molar-refractivity contribution in [1.82, 2.24) is 4.57 Å². The Labute approximate surface area is 131 Å². The SMILES string of the molecule is CCn1c(=NC(=O)Cc2ccccc2)sc2cccc(F)c21. The topological polar surface area (TPSA) is 34.4 Å². The fraction of sp³-hybridized carbons (Fsp3) is 0.176. The smallest absolute Gasteiger partial charge is 0.252 e. The van der Waals surface area contributed by atoms with E-state index in [1.807, 2.05) is 43.3 Å². The molecule has 2 aromatic carbocycles. The Morgan fingerprint density at radius 3 is 2.68 bits per heavy atom. The van der Waals surface area contributed by atoms with Gasteiger partial charge < -0.3 is 4.57 Å². The van der Waals surface area contributed by atoms with Crippen LogP contribution < -0.4 is 4.80 Å². The molecule has 22 heavy (non-hydrogen) atoms. The third kappa shape index (κ3) is 2.85. The van der Waals surface area contributed by atoms with Gasteiger partial charge in [0.1, 0.15) is 5.82 Å². The van der Waals surface area contributed by atoms with Crippen LogP contribution in [0.15, 0.2) is 53.5 Å². The number of nitrogens with zero attached hydrogens (tertiary/aromatic N) is 2. The number of carbonyl (C=O) groups excluding carboxylic acids is 1. The van der Waals surface area contributed by atoms with Crippen LogP contribution in [0.5, 0.6) is 0 Å². The summed E-state index contributed by atoms with van der Waals surface area (Å²) in [7, 11) is 0. The van der Waals surface area contributed by atoms with Crippen molar-refractivity contribution < 1.29 is 9.18 Å². The first-order valence-corrected chi connectivity index (χ1v) is 7.90. The molecular weight excluding hydrogens is 299 g/mol. The number of amides is 1. The van der Waals surface area contributed by atoms with Crippen molar-refractivity contribution in [2.75, 3.05) is 0 Å². The summed E-state index contributed by atoms with van der Waals surface area (Å²) in [5.41, 5.74) is 1.44. The molecule has 1 amide bonds. The van der Waals surface area contributed by atoms with Crippen LogP contribution in [-0.4, -0.2) is 10.5 Å². The first kappa shape index (κ1) is 14.7. The number of thiazole rings is 1. The quantitative estimate of drug-likeness (QED) is 0.728. The molecule has 112 valence electrons. The van der Waals surface area contributed by atoms with Crippen molar-refractivity contribution in [3.05, 3.63) is 64.7 Å². The van der Waals surface area contributed by atoms with Crippen LogP contribution >= 0.6 is 11.3 Å². The van der Waals surface area contributed by atoms with E-state index in [-0.39, 0.29) is 18.1 Å². The fourth-order valence-electron chi connectivity index (χ4n) is 2.38. The molecule has 0 fully saturated rings. The van der Waals surface area contributed by atoms with Gasteiger partial charge in [0, 0.05) is 6.54 Å². The van der Waals surface area contributed by atoms with Gasteiger partial charge in [-0.05, 0) is 24.6 Å². The lowest BCUT2D eigenvalue weighted by Crippen LogP contribution is -2.17. The Balaban J connectivity index is 2.02. The second-order valence-corrected chi connectivity index (χ2v) is 5.89. The Hall–Kier alpha value is -2.27. The van der Waals surface area contributed by atoms with Crippen LogP contribution in [0, 0.1) is 5.82 Å². The summed E-state index contributed by atoms with van der Waals surface area (Å²) in [6.07, 6.45) is 0.251. The van der Waals surface area contributed by atoms with Gasteiger partial charge in [0.2, 0.25) is 0 Å². The molecule has 0 N–H and O–H groups in total. The number of fused-ring (bicyclic) bond motifs is 1. The van der Waals surface area contributed by atoms with Gasteiger partial charge in [-0.25, -0.2) is 4.39 Å². The minimum atomic E-state index is -0.285. The molecule has 3 nitrogen and oxygen atoms in total. The van der Waals surface area contributed by atoms with Gasteiger partial charge >= 0.3 is 0 Å². The van der Waals surface area contributed by atoms with E-state index in [1.54, 1.807) is 10.6 Å². The number of halogens is 1. The molecule has 0 aliphatic carbocycles. The Morgan fingerprint density at radius 1 is 1.18 bits per heavy atom. The predicted molar refractivity (Wildman–Crippen MR) is 86.2 cm³/mol. The standard InChI is InChI=1S/C17H15FN2OS/c1-2-20-16-13(18)9-6-10-14(16)22-17(20)19-15(21)11-12-7-4-3-5-8-12/h3-10H,2,11H2,1H3. The molecule has 0 bridgehead atoms. The molecule has 0 aliphatic rings. The predicted octanol–water partition coefficient (Wildman–Crippen LogP) is 3.53. The molecule has 0 unspecified atom stereocenters. The highest BCUT2D eigenvalue weighted by atomic mass is 32.1. The van der Waals surface area contributed by atoms with Crippen molar-refractivity contribution in [1.29, 1.82) is 0 Å². The summed E-state index contributed by atoms with van der Waals surface area (Å²) < 4.78 is 16.5. The molecule has 0 radical (unpaired) electrons. The Morgan fingerprint density at radius 2 is 1.95 bits per heavy atom. The van der Waals surface area contributed by atoms with E-state index in [2.05, 4.69) is 4.99 Å². The molecule has 0 atom stereocenters. The van der Waals surface area contributed by atoms with Crippen LogP contribution in [-0.2, 0) is 17.8 Å². The van der Waals surface area contributed by atoms with E-state index in [0.29, 0.717) is 16.9 Å². The third-order valence-electron chi connectivity index (χ3n) is 3.39. The summed E-state index contributed by atoms with van der Waals surface area (Å²) >= 11 is 1.34. The van der Waals surface area contributed by atoms with Gasteiger partial charge in [-0.2, -0.15) is 4.99 Å². The van der Waals surface area contributed by atoms with Gasteiger partial charge in [-0.15, -0.1) is 0 Å². The number of rotatable bonds is 3. The number of benzene rings is 2. The summed E-state index contributed by atoms with van der Waals surface area (Å²) in [6, 6.07) is 14.4. The van der Waals surface area contributed by atoms with E-state index in [0.717, 1.165) is 10.3 Å². The zero-order valence-corrected chi connectivity index (χ0v) is 12.9. The van der Waals surface area contributed by atoms with Crippen molar-refractivity contribution in [3.8, 4) is 0 Å². The van der Waals surface area contributed by atoms with Crippen LogP contribution in [0.4, 0.5) is 4.39 Å². The van der Waals surface area contributed by atoms with Crippen molar-refractivity contribution in [2.45, 2.75) is 19.9 Å². The Bertz CT molecular complexity index is 881. The van der Waals surface area contributed by atoms with E-state index in [4.69, 9.17) is 0 Å². The number of para-hydroxylation sites is 1. The van der Waals surface area contributed by atoms with Crippen molar-refractivity contribution in [3.63, 3.8) is 0 Å². The zero-order valence-electron chi connectivity index (χ0n) is 12.1. The average molecular weight is 314 g/mol. The first-order chi connectivity index (χ1) is 10.7. The third-order valence-corrected chi connectivity index (χ3v) is 4.43. The molecule has 3 rings (SSSR count). The van der Waals surface area contributed by atoms with Gasteiger partial charge in [0.05, 0.1) is 16.6 Å². The minimum absolute atomic E-state index is 0.222. The van der Waals surface area contributed by atoms with Crippen LogP contribution in [0.2, 0.25) is 0 Å². The van der Waals surface area contributed by atoms with Gasteiger partial charge in [0.15, 0.2) is 4.80 Å². The zero-order chi connectivity index (χ0) is 15.5. The molecule has 1 aromatic heterocycles. The summed E-state index contributed by atoms with van der Waals surface area (Å²) in [4.78, 5) is 16.9. The van der Waals surface area contributed by atoms with Crippen LogP contribution in [0.25, 0.3) is 10.2 Å². The van der Waals surface area contributed by atoms with E-state index >= 15 is 0 Å². The highest BCUT2D eigenvalue weighted by Crippen LogP contribution is 2.20. The minimum Gasteiger partial charge on any atom is -0.314 e. The number of aromatic nitrogens is 1. The van der Waals surface area contributed by atoms with Crippen molar-refractivity contribution >= 4 is 27.5 Å². The second-order valence-electron chi connectivity index (χ2n) is 4.88. The lowest BCUT2D eigenvalue weighted by atomic mass is 10.1. The maximum Gasteiger partial charge on any atom is 0.252 e. The molecule has 0 aliphatic heterocycles. The largest absolute Gasteiger partial charge is 0.314 e. The molecule has 0 saturated heterocycles. The molecule has 5 heteroatoms. The maximum atomic E-state index is 14.0. The van der Waals surface area contributed by atoms with Crippen LogP contribution in [0.1, 0.15) is 12.5 Å². The summed E-state index contributed by atoms with van der Waals surface area (Å²) in [5, 5.41) is 0. The number of hydrogen-bond acceptors (Lipinski definition) is 2. The second kappa shape index (κ2) is 6.23. The molecule has 1 heterocycles. The molecule has 0 spiro atoms. The maximum absolute atomic E-state index is 14.0. The van der Waals surface area contributed by atoms with E-state index in [1.165, 1.54) is 17.4 Å². The molecule has 0 saturated carbocycles. The van der Waals surface area contributed by atoms with Gasteiger partial charge in [-0.1, -0.05) is 47.7 Å². The normalized spacial score (nSPS) is 12.0. The van der Waals surface area contributed by atoms with Crippen molar-refractivity contribution in [2.24, 2.45) is 4.99 Å². The van der Waals surface area contributed by atoms with Gasteiger partial charge in [0.25, 0.3) is 5.91 Å². The highest BCUT2D eigenvalue weighted by molar-refractivity contribution is 7.16. The van der Waals surface area contributed by atoms with Gasteiger partial charge in [-0.3, -0.25) is 4.79 Å². The molecule has 3 aromatic rings. The lowest BCUT2D eigenvalue weighted by molar-refractivity contribution is -0.117. The molecular formula is C17H15FN2OS. The number of hydrogen-bond donors (Lipinski definition) is 0. The lowest BCUT2D eigenvalue weighted by Gasteiger charge is -2.01. The Kier molecular flexibility index (Phi) is 4.15. The number of aryl methyl sites for hydroxylation is 1. The number of carbonyl (C=O) groups is 1. The highest BCUT2D eigenvalue weighted by Gasteiger charge is 2.10. The monoisotopic (exact) mass is 314 g/mol. The summed E-state index contributed by atoms with van der Waals surface area (Å²) in [5.74, 6) is -0.507. The average Bonchev–Trinajstić information content (AvgIpc) is 2.86. The first-order valence-electron chi connectivity index (χ1n) is 7.08. The van der Waals surface area contributed by atoms with E-state index < -0.39 is 0 Å². The summed E-state index contributed by atoms with van der Waals surface area (Å²) in [6.45, 7) is 2.48. The fourth-order valence-corrected chi connectivity index (χ4v) is 3.51. The van der Waals surface area contributed by atoms with Crippen LogP contribution in [0.3, 0.4) is 0 Å². The van der Waals surface area contributed by atoms with E-state index in [9.17, 15) is 9.18 Å².